The number of rotatable bonds is 5. The van der Waals surface area contributed by atoms with Crippen LogP contribution in [0.4, 0.5) is 0 Å². The van der Waals surface area contributed by atoms with E-state index in [2.05, 4.69) is 34.2 Å². The highest BCUT2D eigenvalue weighted by molar-refractivity contribution is 7.99. The van der Waals surface area contributed by atoms with Crippen molar-refractivity contribution in [3.05, 3.63) is 89.3 Å². The van der Waals surface area contributed by atoms with E-state index in [0.29, 0.717) is 23.1 Å². The molecule has 7 nitrogen and oxygen atoms in total. The number of benzene rings is 3. The highest BCUT2D eigenvalue weighted by Gasteiger charge is 2.19. The van der Waals surface area contributed by atoms with Gasteiger partial charge in [-0.2, -0.15) is 4.98 Å². The van der Waals surface area contributed by atoms with Gasteiger partial charge in [-0.15, -0.1) is 0 Å². The zero-order valence-electron chi connectivity index (χ0n) is 17.5. The number of aliphatic hydroxyl groups is 1. The van der Waals surface area contributed by atoms with Crippen molar-refractivity contribution >= 4 is 39.5 Å². The number of aromatic amines is 1. The van der Waals surface area contributed by atoms with E-state index < -0.39 is 0 Å². The Labute approximate surface area is 192 Å². The molecule has 6 rings (SSSR count). The third-order valence-corrected chi connectivity index (χ3v) is 6.59. The fraction of sp³-hybridized carbons (Fsp3) is 0.0800. The maximum Gasteiger partial charge on any atom is 0.287 e. The number of nitrogens with one attached hydrogen (secondary N) is 1. The van der Waals surface area contributed by atoms with Gasteiger partial charge in [-0.3, -0.25) is 4.79 Å². The van der Waals surface area contributed by atoms with Crippen LogP contribution in [0.3, 0.4) is 0 Å². The van der Waals surface area contributed by atoms with E-state index in [9.17, 15) is 9.90 Å². The van der Waals surface area contributed by atoms with Crippen LogP contribution in [0.5, 0.6) is 0 Å². The molecule has 0 saturated heterocycles. The van der Waals surface area contributed by atoms with E-state index in [0.717, 1.165) is 26.9 Å². The van der Waals surface area contributed by atoms with Crippen LogP contribution in [-0.2, 0) is 6.54 Å². The summed E-state index contributed by atoms with van der Waals surface area (Å²) in [5.41, 5.74) is 2.25. The lowest BCUT2D eigenvalue weighted by atomic mass is 10.1. The normalized spacial score (nSPS) is 11.7. The van der Waals surface area contributed by atoms with Crippen molar-refractivity contribution in [2.24, 2.45) is 0 Å². The summed E-state index contributed by atoms with van der Waals surface area (Å²) < 4.78 is 3.30. The van der Waals surface area contributed by atoms with Gasteiger partial charge in [0, 0.05) is 17.6 Å². The number of nitrogens with zero attached hydrogens (tertiary/aromatic N) is 4. The second-order valence-corrected chi connectivity index (χ2v) is 8.74. The van der Waals surface area contributed by atoms with E-state index in [1.54, 1.807) is 10.8 Å². The van der Waals surface area contributed by atoms with Gasteiger partial charge in [0.05, 0.1) is 12.3 Å². The Kier molecular flexibility index (Phi) is 4.74. The summed E-state index contributed by atoms with van der Waals surface area (Å²) in [7, 11) is 0. The summed E-state index contributed by atoms with van der Waals surface area (Å²) in [6.45, 7) is 0.207. The van der Waals surface area contributed by atoms with Gasteiger partial charge in [0.15, 0.2) is 16.3 Å². The van der Waals surface area contributed by atoms with Crippen LogP contribution in [0.15, 0.2) is 93.8 Å². The first-order valence-electron chi connectivity index (χ1n) is 10.6. The number of fused-ring (bicyclic) bond motifs is 3. The van der Waals surface area contributed by atoms with Crippen LogP contribution in [0, 0.1) is 0 Å². The molecule has 0 aliphatic carbocycles. The molecular weight excluding hydrogens is 434 g/mol. The van der Waals surface area contributed by atoms with E-state index in [-0.39, 0.29) is 17.7 Å². The van der Waals surface area contributed by atoms with Crippen LogP contribution < -0.4 is 5.56 Å². The van der Waals surface area contributed by atoms with Crippen LogP contribution in [-0.4, -0.2) is 35.6 Å². The largest absolute Gasteiger partial charge is 0.395 e. The molecule has 162 valence electrons. The Balaban J connectivity index is 1.49. The Hall–Kier alpha value is -3.88. The van der Waals surface area contributed by atoms with Gasteiger partial charge in [0.25, 0.3) is 5.56 Å². The van der Waals surface area contributed by atoms with Crippen molar-refractivity contribution in [1.82, 2.24) is 23.9 Å². The Bertz CT molecular complexity index is 1680. The highest BCUT2D eigenvalue weighted by Crippen LogP contribution is 2.31. The minimum Gasteiger partial charge on any atom is -0.395 e. The topological polar surface area (TPSA) is 88.2 Å². The molecule has 0 bridgehead atoms. The molecule has 8 heteroatoms. The molecule has 0 fully saturated rings. The molecule has 0 atom stereocenters. The molecule has 3 aromatic heterocycles. The first kappa shape index (κ1) is 19.8. The van der Waals surface area contributed by atoms with E-state index in [1.807, 2.05) is 48.5 Å². The molecule has 0 unspecified atom stereocenters. The van der Waals surface area contributed by atoms with Gasteiger partial charge in [-0.1, -0.05) is 72.4 Å². The summed E-state index contributed by atoms with van der Waals surface area (Å²) in [5, 5.41) is 12.6. The van der Waals surface area contributed by atoms with Crippen LogP contribution in [0.1, 0.15) is 0 Å². The zero-order chi connectivity index (χ0) is 22.4. The van der Waals surface area contributed by atoms with Gasteiger partial charge in [0.2, 0.25) is 5.78 Å². The molecule has 0 aliphatic rings. The number of hydrogen-bond acceptors (Lipinski definition) is 5. The summed E-state index contributed by atoms with van der Waals surface area (Å²) in [6.07, 6.45) is 1.75. The second kappa shape index (κ2) is 7.91. The average molecular weight is 454 g/mol. The minimum atomic E-state index is -0.245. The van der Waals surface area contributed by atoms with Gasteiger partial charge >= 0.3 is 0 Å². The highest BCUT2D eigenvalue weighted by atomic mass is 32.2. The number of imidazole rings is 2. The summed E-state index contributed by atoms with van der Waals surface area (Å²) >= 11 is 1.45. The Morgan fingerprint density at radius 1 is 0.939 bits per heavy atom. The number of H-pyrrole nitrogens is 1. The monoisotopic (exact) mass is 453 g/mol. The molecule has 0 spiro atoms. The number of aliphatic hydroxyl groups excluding tert-OH is 1. The van der Waals surface area contributed by atoms with Crippen molar-refractivity contribution in [2.45, 2.75) is 16.6 Å². The quantitative estimate of drug-likeness (QED) is 0.406. The van der Waals surface area contributed by atoms with Crippen molar-refractivity contribution in [1.29, 1.82) is 0 Å². The summed E-state index contributed by atoms with van der Waals surface area (Å²) in [6, 6.07) is 24.1. The molecule has 0 amide bonds. The third-order valence-electron chi connectivity index (χ3n) is 5.61. The Morgan fingerprint density at radius 2 is 1.73 bits per heavy atom. The van der Waals surface area contributed by atoms with Crippen molar-refractivity contribution in [3.63, 3.8) is 0 Å². The third kappa shape index (κ3) is 3.40. The lowest BCUT2D eigenvalue weighted by Gasteiger charge is -2.07. The molecule has 6 aromatic rings. The minimum absolute atomic E-state index is 0.0855. The molecular formula is C25H19N5O2S. The van der Waals surface area contributed by atoms with Gasteiger partial charge in [-0.25, -0.2) is 9.38 Å². The SMILES string of the molecule is O=c1c2nc(Sc3ccc4ccccc4c3)n(CCO)c2nc2[nH]c(-c3ccccc3)cn12. The van der Waals surface area contributed by atoms with Gasteiger partial charge < -0.3 is 14.7 Å². The first-order valence-corrected chi connectivity index (χ1v) is 11.4. The molecule has 0 radical (unpaired) electrons. The second-order valence-electron chi connectivity index (χ2n) is 7.70. The molecule has 0 aliphatic heterocycles. The van der Waals surface area contributed by atoms with Crippen LogP contribution >= 0.6 is 11.8 Å². The lowest BCUT2D eigenvalue weighted by molar-refractivity contribution is 0.273. The molecule has 3 aromatic carbocycles. The fourth-order valence-corrected chi connectivity index (χ4v) is 4.97. The number of aromatic nitrogens is 5. The maximum atomic E-state index is 13.3. The molecule has 2 N–H and O–H groups in total. The van der Waals surface area contributed by atoms with Crippen molar-refractivity contribution in [3.8, 4) is 11.3 Å². The van der Waals surface area contributed by atoms with Gasteiger partial charge in [0.1, 0.15) is 0 Å². The maximum absolute atomic E-state index is 13.3. The average Bonchev–Trinajstić information content (AvgIpc) is 3.43. The molecule has 3 heterocycles. The van der Waals surface area contributed by atoms with Crippen LogP contribution in [0.25, 0.3) is 39.0 Å². The predicted octanol–water partition coefficient (Wildman–Crippen LogP) is 4.34. The van der Waals surface area contributed by atoms with E-state index >= 15 is 0 Å². The zero-order valence-corrected chi connectivity index (χ0v) is 18.3. The van der Waals surface area contributed by atoms with Crippen LogP contribution in [0.2, 0.25) is 0 Å². The summed E-state index contributed by atoms with van der Waals surface area (Å²) in [4.78, 5) is 26.9. The smallest absolute Gasteiger partial charge is 0.287 e. The molecule has 33 heavy (non-hydrogen) atoms. The number of hydrogen-bond donors (Lipinski definition) is 2. The first-order chi connectivity index (χ1) is 16.2. The van der Waals surface area contributed by atoms with Crippen molar-refractivity contribution < 1.29 is 5.11 Å². The standard InChI is InChI=1S/C25H19N5O2S/c31-13-12-29-22-21(27-25(29)33-19-11-10-16-6-4-5-9-18(16)14-19)23(32)30-15-20(26-24(30)28-22)17-7-2-1-3-8-17/h1-11,14-15,31H,12-13H2,(H,26,28). The van der Waals surface area contributed by atoms with E-state index in [1.165, 1.54) is 16.2 Å². The lowest BCUT2D eigenvalue weighted by Crippen LogP contribution is -2.14. The fourth-order valence-electron chi connectivity index (χ4n) is 4.02. The van der Waals surface area contributed by atoms with E-state index in [4.69, 9.17) is 4.98 Å². The molecule has 0 saturated carbocycles. The van der Waals surface area contributed by atoms with Gasteiger partial charge in [-0.05, 0) is 28.5 Å². The summed E-state index contributed by atoms with van der Waals surface area (Å²) in [5.74, 6) is 0.438. The predicted molar refractivity (Wildman–Crippen MR) is 130 cm³/mol. The Morgan fingerprint density at radius 3 is 2.55 bits per heavy atom. The van der Waals surface area contributed by atoms with Crippen molar-refractivity contribution in [2.75, 3.05) is 6.61 Å².